The quantitative estimate of drug-likeness (QED) is 0.609. The molecule has 2 nitrogen and oxygen atoms in total. The second kappa shape index (κ2) is 4.94. The highest BCUT2D eigenvalue weighted by atomic mass is 35.5. The van der Waals surface area contributed by atoms with Crippen molar-refractivity contribution in [3.63, 3.8) is 0 Å². The maximum atomic E-state index is 8.88. The van der Waals surface area contributed by atoms with Crippen LogP contribution in [0.3, 0.4) is 0 Å². The summed E-state index contributed by atoms with van der Waals surface area (Å²) in [4.78, 5) is 0. The van der Waals surface area contributed by atoms with Gasteiger partial charge < -0.3 is 10.4 Å². The Morgan fingerprint density at radius 2 is 1.90 bits per heavy atom. The topological polar surface area (TPSA) is 32.3 Å². The van der Waals surface area contributed by atoms with Gasteiger partial charge in [0.1, 0.15) is 0 Å². The van der Waals surface area contributed by atoms with Crippen molar-refractivity contribution in [2.75, 3.05) is 6.54 Å². The van der Waals surface area contributed by atoms with Crippen LogP contribution in [0.15, 0.2) is 0 Å². The van der Waals surface area contributed by atoms with E-state index in [9.17, 15) is 0 Å². The molecule has 0 rings (SSSR count). The van der Waals surface area contributed by atoms with Gasteiger partial charge in [0.2, 0.25) is 0 Å². The summed E-state index contributed by atoms with van der Waals surface area (Å²) in [5.74, 6) is 0. The Balaban J connectivity index is 3.30. The summed E-state index contributed by atoms with van der Waals surface area (Å²) in [6, 6.07) is 0.260. The molecular weight excluding hydrogens is 150 g/mol. The number of aliphatic hydroxyl groups is 1. The second-order valence-electron chi connectivity index (χ2n) is 2.72. The lowest BCUT2D eigenvalue weighted by Gasteiger charge is -2.16. The van der Waals surface area contributed by atoms with E-state index in [1.165, 1.54) is 0 Å². The van der Waals surface area contributed by atoms with Crippen LogP contribution in [-0.4, -0.2) is 29.2 Å². The zero-order valence-electron chi connectivity index (χ0n) is 6.76. The van der Waals surface area contributed by atoms with E-state index >= 15 is 0 Å². The molecular formula is C7H16ClNO. The number of hydrogen-bond acceptors (Lipinski definition) is 2. The SMILES string of the molecule is CC(O)CN[C@H](C)C(C)Cl. The Kier molecular flexibility index (Phi) is 5.04. The largest absolute Gasteiger partial charge is 0.392 e. The minimum absolute atomic E-state index is 0.110. The van der Waals surface area contributed by atoms with Crippen molar-refractivity contribution >= 4 is 11.6 Å². The van der Waals surface area contributed by atoms with Gasteiger partial charge in [-0.25, -0.2) is 0 Å². The van der Waals surface area contributed by atoms with Crippen molar-refractivity contribution < 1.29 is 5.11 Å². The lowest BCUT2D eigenvalue weighted by molar-refractivity contribution is 0.187. The third kappa shape index (κ3) is 5.03. The number of alkyl halides is 1. The molecule has 0 spiro atoms. The van der Waals surface area contributed by atoms with Gasteiger partial charge in [0, 0.05) is 18.0 Å². The highest BCUT2D eigenvalue weighted by Crippen LogP contribution is 1.99. The molecule has 0 saturated heterocycles. The maximum Gasteiger partial charge on any atom is 0.0636 e. The molecule has 0 amide bonds. The van der Waals surface area contributed by atoms with Gasteiger partial charge in [-0.15, -0.1) is 11.6 Å². The zero-order valence-corrected chi connectivity index (χ0v) is 7.52. The van der Waals surface area contributed by atoms with Crippen molar-refractivity contribution in [2.24, 2.45) is 0 Å². The van der Waals surface area contributed by atoms with Crippen molar-refractivity contribution in [1.82, 2.24) is 5.32 Å². The molecule has 0 aliphatic heterocycles. The van der Waals surface area contributed by atoms with Crippen LogP contribution < -0.4 is 5.32 Å². The van der Waals surface area contributed by atoms with E-state index in [1.807, 2.05) is 13.8 Å². The Morgan fingerprint density at radius 1 is 1.40 bits per heavy atom. The summed E-state index contributed by atoms with van der Waals surface area (Å²) >= 11 is 5.77. The summed E-state index contributed by atoms with van der Waals surface area (Å²) < 4.78 is 0. The smallest absolute Gasteiger partial charge is 0.0636 e. The van der Waals surface area contributed by atoms with E-state index in [2.05, 4.69) is 5.32 Å². The first-order valence-corrected chi connectivity index (χ1v) is 4.03. The second-order valence-corrected chi connectivity index (χ2v) is 3.41. The summed E-state index contributed by atoms with van der Waals surface area (Å²) in [5.41, 5.74) is 0. The third-order valence-corrected chi connectivity index (χ3v) is 1.80. The molecule has 10 heavy (non-hydrogen) atoms. The Morgan fingerprint density at radius 3 is 2.20 bits per heavy atom. The number of aliphatic hydroxyl groups excluding tert-OH is 1. The zero-order chi connectivity index (χ0) is 8.15. The Labute approximate surface area is 67.6 Å². The average molecular weight is 166 g/mol. The summed E-state index contributed by atoms with van der Waals surface area (Å²) in [6.07, 6.45) is -0.294. The van der Waals surface area contributed by atoms with E-state index in [1.54, 1.807) is 6.92 Å². The minimum atomic E-state index is -0.294. The van der Waals surface area contributed by atoms with Gasteiger partial charge in [0.15, 0.2) is 0 Å². The fourth-order valence-electron chi connectivity index (χ4n) is 0.519. The van der Waals surface area contributed by atoms with Crippen LogP contribution in [0.25, 0.3) is 0 Å². The normalized spacial score (nSPS) is 20.1. The molecule has 3 heteroatoms. The molecule has 0 aliphatic carbocycles. The first-order chi connectivity index (χ1) is 4.54. The third-order valence-electron chi connectivity index (χ3n) is 1.42. The number of nitrogens with one attached hydrogen (secondary N) is 1. The molecule has 0 aromatic heterocycles. The van der Waals surface area contributed by atoms with Crippen LogP contribution in [0.4, 0.5) is 0 Å². The Hall–Kier alpha value is 0.210. The van der Waals surface area contributed by atoms with Gasteiger partial charge in [-0.3, -0.25) is 0 Å². The summed E-state index contributed by atoms with van der Waals surface area (Å²) in [5, 5.41) is 12.1. The van der Waals surface area contributed by atoms with Crippen LogP contribution in [0.5, 0.6) is 0 Å². The van der Waals surface area contributed by atoms with Gasteiger partial charge in [0.25, 0.3) is 0 Å². The minimum Gasteiger partial charge on any atom is -0.392 e. The van der Waals surface area contributed by atoms with Crippen molar-refractivity contribution in [1.29, 1.82) is 0 Å². The van der Waals surface area contributed by atoms with Gasteiger partial charge in [-0.05, 0) is 20.8 Å². The van der Waals surface area contributed by atoms with Crippen molar-refractivity contribution in [2.45, 2.75) is 38.3 Å². The van der Waals surface area contributed by atoms with Crippen LogP contribution in [-0.2, 0) is 0 Å². The molecule has 2 N–H and O–H groups in total. The van der Waals surface area contributed by atoms with E-state index in [4.69, 9.17) is 16.7 Å². The van der Waals surface area contributed by atoms with E-state index in [0.29, 0.717) is 6.54 Å². The fraction of sp³-hybridized carbons (Fsp3) is 1.00. The lowest BCUT2D eigenvalue weighted by atomic mass is 10.2. The van der Waals surface area contributed by atoms with Gasteiger partial charge in [0.05, 0.1) is 6.10 Å². The molecule has 0 aromatic carbocycles. The number of rotatable bonds is 4. The standard InChI is InChI=1S/C7H16ClNO/c1-5(10)4-9-7(3)6(2)8/h5-7,9-10H,4H2,1-3H3/t5?,6?,7-/m1/s1. The van der Waals surface area contributed by atoms with Crippen LogP contribution in [0, 0.1) is 0 Å². The number of halogens is 1. The first-order valence-electron chi connectivity index (χ1n) is 3.59. The van der Waals surface area contributed by atoms with Crippen molar-refractivity contribution in [3.8, 4) is 0 Å². The molecule has 0 fully saturated rings. The molecule has 3 atom stereocenters. The highest BCUT2D eigenvalue weighted by Gasteiger charge is 2.07. The Bertz CT molecular complexity index is 85.7. The monoisotopic (exact) mass is 165 g/mol. The van der Waals surface area contributed by atoms with E-state index < -0.39 is 0 Å². The molecule has 62 valence electrons. The predicted octanol–water partition coefficient (Wildman–Crippen LogP) is 0.973. The van der Waals surface area contributed by atoms with E-state index in [-0.39, 0.29) is 17.5 Å². The lowest BCUT2D eigenvalue weighted by Crippen LogP contribution is -2.37. The molecule has 0 aliphatic rings. The molecule has 0 aromatic rings. The van der Waals surface area contributed by atoms with Crippen molar-refractivity contribution in [3.05, 3.63) is 0 Å². The average Bonchev–Trinajstić information content (AvgIpc) is 1.82. The van der Waals surface area contributed by atoms with Crippen LogP contribution >= 0.6 is 11.6 Å². The first kappa shape index (κ1) is 10.2. The molecule has 0 bridgehead atoms. The molecule has 0 saturated carbocycles. The molecule has 0 radical (unpaired) electrons. The van der Waals surface area contributed by atoms with Crippen LogP contribution in [0.1, 0.15) is 20.8 Å². The summed E-state index contributed by atoms with van der Waals surface area (Å²) in [6.45, 7) is 6.29. The highest BCUT2D eigenvalue weighted by molar-refractivity contribution is 6.20. The molecule has 0 heterocycles. The van der Waals surface area contributed by atoms with Gasteiger partial charge in [-0.2, -0.15) is 0 Å². The maximum absolute atomic E-state index is 8.88. The fourth-order valence-corrected chi connectivity index (χ4v) is 0.608. The van der Waals surface area contributed by atoms with Gasteiger partial charge >= 0.3 is 0 Å². The number of hydrogen-bond donors (Lipinski definition) is 2. The van der Waals surface area contributed by atoms with E-state index in [0.717, 1.165) is 0 Å². The van der Waals surface area contributed by atoms with Crippen LogP contribution in [0.2, 0.25) is 0 Å². The van der Waals surface area contributed by atoms with Gasteiger partial charge in [-0.1, -0.05) is 0 Å². The predicted molar refractivity (Wildman–Crippen MR) is 44.5 cm³/mol. The summed E-state index contributed by atoms with van der Waals surface area (Å²) in [7, 11) is 0. The molecule has 2 unspecified atom stereocenters.